The van der Waals surface area contributed by atoms with E-state index in [-0.39, 0.29) is 18.0 Å². The van der Waals surface area contributed by atoms with Crippen molar-refractivity contribution in [1.82, 2.24) is 9.80 Å². The van der Waals surface area contributed by atoms with Crippen molar-refractivity contribution in [3.05, 3.63) is 30.3 Å². The minimum absolute atomic E-state index is 0.0175. The van der Waals surface area contributed by atoms with Crippen LogP contribution in [0.15, 0.2) is 30.3 Å². The number of amides is 2. The maximum absolute atomic E-state index is 12.5. The third-order valence-electron chi connectivity index (χ3n) is 4.28. The van der Waals surface area contributed by atoms with Gasteiger partial charge in [0.2, 0.25) is 0 Å². The van der Waals surface area contributed by atoms with Crippen LogP contribution in [0.2, 0.25) is 0 Å². The molecule has 24 heavy (non-hydrogen) atoms. The Labute approximate surface area is 143 Å². The monoisotopic (exact) mass is 334 g/mol. The molecule has 1 aliphatic heterocycles. The number of likely N-dealkylation sites (tertiary alicyclic amines) is 1. The van der Waals surface area contributed by atoms with Crippen molar-refractivity contribution < 1.29 is 19.1 Å². The zero-order valence-corrected chi connectivity index (χ0v) is 14.6. The lowest BCUT2D eigenvalue weighted by atomic mass is 10.0. The van der Waals surface area contributed by atoms with Gasteiger partial charge in [-0.05, 0) is 38.8 Å². The number of hydrogen-bond acceptors (Lipinski definition) is 4. The number of ether oxygens (including phenoxy) is 2. The van der Waals surface area contributed by atoms with E-state index >= 15 is 0 Å². The van der Waals surface area contributed by atoms with E-state index in [2.05, 4.69) is 0 Å². The summed E-state index contributed by atoms with van der Waals surface area (Å²) >= 11 is 0. The average Bonchev–Trinajstić information content (AvgIpc) is 2.61. The summed E-state index contributed by atoms with van der Waals surface area (Å²) in [4.78, 5) is 27.7. The van der Waals surface area contributed by atoms with Gasteiger partial charge in [-0.1, -0.05) is 18.2 Å². The largest absolute Gasteiger partial charge is 0.481 e. The van der Waals surface area contributed by atoms with E-state index in [1.165, 1.54) is 0 Å². The van der Waals surface area contributed by atoms with Crippen molar-refractivity contribution in [1.29, 1.82) is 0 Å². The lowest BCUT2D eigenvalue weighted by molar-refractivity contribution is -0.139. The number of nitrogens with zero attached hydrogens (tertiary/aromatic N) is 2. The minimum atomic E-state index is -0.522. The fourth-order valence-corrected chi connectivity index (χ4v) is 2.86. The second kappa shape index (κ2) is 8.57. The molecule has 1 saturated heterocycles. The molecule has 0 unspecified atom stereocenters. The molecule has 0 N–H and O–H groups in total. The third-order valence-corrected chi connectivity index (χ3v) is 4.28. The van der Waals surface area contributed by atoms with Crippen molar-refractivity contribution in [2.75, 3.05) is 26.7 Å². The van der Waals surface area contributed by atoms with Crippen LogP contribution in [0, 0.1) is 0 Å². The Balaban J connectivity index is 1.83. The first kappa shape index (κ1) is 18.1. The highest BCUT2D eigenvalue weighted by Crippen LogP contribution is 2.18. The van der Waals surface area contributed by atoms with E-state index in [4.69, 9.17) is 9.47 Å². The molecule has 0 spiro atoms. The number of benzene rings is 1. The summed E-state index contributed by atoms with van der Waals surface area (Å²) in [5, 5.41) is 0. The number of hydrogen-bond donors (Lipinski definition) is 0. The molecule has 0 aromatic heterocycles. The Morgan fingerprint density at radius 1 is 1.25 bits per heavy atom. The Morgan fingerprint density at radius 2 is 1.88 bits per heavy atom. The van der Waals surface area contributed by atoms with Gasteiger partial charge in [-0.25, -0.2) is 4.79 Å². The molecular formula is C18H26N2O4. The van der Waals surface area contributed by atoms with Crippen molar-refractivity contribution in [2.24, 2.45) is 0 Å². The molecule has 1 heterocycles. The van der Waals surface area contributed by atoms with Crippen LogP contribution in [0.3, 0.4) is 0 Å². The molecule has 6 nitrogen and oxygen atoms in total. The van der Waals surface area contributed by atoms with Gasteiger partial charge < -0.3 is 19.3 Å². The third kappa shape index (κ3) is 4.63. The highest BCUT2D eigenvalue weighted by atomic mass is 16.6. The van der Waals surface area contributed by atoms with Crippen LogP contribution in [-0.4, -0.2) is 60.7 Å². The molecule has 1 aromatic carbocycles. The molecule has 2 rings (SSSR count). The lowest BCUT2D eigenvalue weighted by Crippen LogP contribution is -2.50. The predicted octanol–water partition coefficient (Wildman–Crippen LogP) is 2.53. The fourth-order valence-electron chi connectivity index (χ4n) is 2.86. The average molecular weight is 334 g/mol. The first-order valence-corrected chi connectivity index (χ1v) is 8.43. The van der Waals surface area contributed by atoms with Crippen molar-refractivity contribution in [3.8, 4) is 5.75 Å². The normalized spacial score (nSPS) is 16.4. The van der Waals surface area contributed by atoms with Crippen LogP contribution in [0.25, 0.3) is 0 Å². The first-order chi connectivity index (χ1) is 11.5. The van der Waals surface area contributed by atoms with Crippen LogP contribution in [0.5, 0.6) is 5.75 Å². The van der Waals surface area contributed by atoms with Crippen LogP contribution >= 0.6 is 0 Å². The number of carbonyl (C=O) groups is 2. The minimum Gasteiger partial charge on any atom is -0.481 e. The topological polar surface area (TPSA) is 59.1 Å². The van der Waals surface area contributed by atoms with Gasteiger partial charge in [0.15, 0.2) is 6.10 Å². The van der Waals surface area contributed by atoms with Crippen LogP contribution in [0.4, 0.5) is 4.79 Å². The molecule has 2 amide bonds. The van der Waals surface area contributed by atoms with Gasteiger partial charge in [0, 0.05) is 26.2 Å². The molecule has 6 heteroatoms. The van der Waals surface area contributed by atoms with Crippen molar-refractivity contribution >= 4 is 12.0 Å². The molecule has 0 radical (unpaired) electrons. The van der Waals surface area contributed by atoms with Gasteiger partial charge in [0.1, 0.15) is 5.75 Å². The maximum Gasteiger partial charge on any atom is 0.409 e. The zero-order chi connectivity index (χ0) is 17.5. The summed E-state index contributed by atoms with van der Waals surface area (Å²) in [5.41, 5.74) is 0. The number of carbonyl (C=O) groups excluding carboxylic acids is 2. The van der Waals surface area contributed by atoms with E-state index in [1.54, 1.807) is 25.8 Å². The van der Waals surface area contributed by atoms with Gasteiger partial charge >= 0.3 is 6.09 Å². The Kier molecular flexibility index (Phi) is 6.46. The van der Waals surface area contributed by atoms with E-state index in [1.807, 2.05) is 35.2 Å². The van der Waals surface area contributed by atoms with Gasteiger partial charge in [-0.3, -0.25) is 4.79 Å². The van der Waals surface area contributed by atoms with E-state index in [0.29, 0.717) is 25.4 Å². The summed E-state index contributed by atoms with van der Waals surface area (Å²) < 4.78 is 10.7. The SMILES string of the molecule is CCOC(=O)N(C)C1CCN(C(=O)[C@@H](C)Oc2ccccc2)CC1. The van der Waals surface area contributed by atoms with E-state index < -0.39 is 6.10 Å². The number of piperidine rings is 1. The molecule has 0 bridgehead atoms. The number of rotatable bonds is 5. The number of para-hydroxylation sites is 1. The quantitative estimate of drug-likeness (QED) is 0.830. The summed E-state index contributed by atoms with van der Waals surface area (Å²) in [7, 11) is 1.75. The van der Waals surface area contributed by atoms with Crippen LogP contribution in [0.1, 0.15) is 26.7 Å². The molecule has 0 aliphatic carbocycles. The summed E-state index contributed by atoms with van der Waals surface area (Å²) in [6.45, 7) is 5.17. The molecule has 1 atom stereocenters. The van der Waals surface area contributed by atoms with Crippen LogP contribution < -0.4 is 4.74 Å². The van der Waals surface area contributed by atoms with Crippen molar-refractivity contribution in [2.45, 2.75) is 38.8 Å². The van der Waals surface area contributed by atoms with Gasteiger partial charge in [0.25, 0.3) is 5.91 Å². The summed E-state index contributed by atoms with van der Waals surface area (Å²) in [6, 6.07) is 9.45. The Morgan fingerprint density at radius 3 is 2.46 bits per heavy atom. The highest BCUT2D eigenvalue weighted by molar-refractivity contribution is 5.81. The van der Waals surface area contributed by atoms with Crippen LogP contribution in [-0.2, 0) is 9.53 Å². The standard InChI is InChI=1S/C18H26N2O4/c1-4-23-18(22)19(3)15-10-12-20(13-11-15)17(21)14(2)24-16-8-6-5-7-9-16/h5-9,14-15H,4,10-13H2,1-3H3/t14-/m1/s1. The molecule has 132 valence electrons. The van der Waals surface area contributed by atoms with Crippen molar-refractivity contribution in [3.63, 3.8) is 0 Å². The summed E-state index contributed by atoms with van der Waals surface area (Å²) in [5.74, 6) is 0.673. The van der Waals surface area contributed by atoms with Gasteiger partial charge in [0.05, 0.1) is 6.61 Å². The molecular weight excluding hydrogens is 308 g/mol. The second-order valence-corrected chi connectivity index (χ2v) is 5.94. The smallest absolute Gasteiger partial charge is 0.409 e. The first-order valence-electron chi connectivity index (χ1n) is 8.43. The Bertz CT molecular complexity index is 541. The highest BCUT2D eigenvalue weighted by Gasteiger charge is 2.30. The van der Waals surface area contributed by atoms with Gasteiger partial charge in [-0.2, -0.15) is 0 Å². The second-order valence-electron chi connectivity index (χ2n) is 5.94. The van der Waals surface area contributed by atoms with E-state index in [0.717, 1.165) is 12.8 Å². The fraction of sp³-hybridized carbons (Fsp3) is 0.556. The molecule has 0 saturated carbocycles. The molecule has 1 aromatic rings. The molecule has 1 aliphatic rings. The maximum atomic E-state index is 12.5. The zero-order valence-electron chi connectivity index (χ0n) is 14.6. The van der Waals surface area contributed by atoms with Gasteiger partial charge in [-0.15, -0.1) is 0 Å². The summed E-state index contributed by atoms with van der Waals surface area (Å²) in [6.07, 6.45) is 0.674. The van der Waals surface area contributed by atoms with E-state index in [9.17, 15) is 9.59 Å². The predicted molar refractivity (Wildman–Crippen MR) is 90.9 cm³/mol. The Hall–Kier alpha value is -2.24. The lowest BCUT2D eigenvalue weighted by Gasteiger charge is -2.37. The molecule has 1 fully saturated rings.